The van der Waals surface area contributed by atoms with Crippen LogP contribution < -0.4 is 5.32 Å². The van der Waals surface area contributed by atoms with Crippen molar-refractivity contribution in [2.75, 3.05) is 19.7 Å². The van der Waals surface area contributed by atoms with Gasteiger partial charge in [-0.2, -0.15) is 0 Å². The van der Waals surface area contributed by atoms with Crippen LogP contribution in [0, 0.1) is 11.8 Å². The smallest absolute Gasteiger partial charge is 0.309 e. The van der Waals surface area contributed by atoms with Gasteiger partial charge in [-0.1, -0.05) is 19.1 Å². The SMILES string of the molecule is C[C@H]1C[C@@H]1C(=O)OCC(=O)NCc1ccc(C(=O)N2CCCC2)cc1. The maximum atomic E-state index is 12.3. The zero-order chi connectivity index (χ0) is 17.8. The fraction of sp³-hybridized carbons (Fsp3) is 0.526. The van der Waals surface area contributed by atoms with Gasteiger partial charge in [0.2, 0.25) is 0 Å². The Hall–Kier alpha value is -2.37. The van der Waals surface area contributed by atoms with E-state index in [9.17, 15) is 14.4 Å². The van der Waals surface area contributed by atoms with Crippen molar-refractivity contribution in [2.45, 2.75) is 32.7 Å². The lowest BCUT2D eigenvalue weighted by Gasteiger charge is -2.15. The lowest BCUT2D eigenvalue weighted by atomic mass is 10.1. The Labute approximate surface area is 147 Å². The van der Waals surface area contributed by atoms with Crippen LogP contribution in [-0.4, -0.2) is 42.4 Å². The van der Waals surface area contributed by atoms with E-state index in [1.807, 2.05) is 24.0 Å². The first-order valence-electron chi connectivity index (χ1n) is 8.86. The van der Waals surface area contributed by atoms with Gasteiger partial charge in [0.1, 0.15) is 0 Å². The first kappa shape index (κ1) is 17.5. The summed E-state index contributed by atoms with van der Waals surface area (Å²) in [7, 11) is 0. The second-order valence-electron chi connectivity index (χ2n) is 6.90. The number of carbonyl (C=O) groups excluding carboxylic acids is 3. The lowest BCUT2D eigenvalue weighted by molar-refractivity contribution is -0.150. The number of nitrogens with one attached hydrogen (secondary N) is 1. The average Bonchev–Trinajstić information content (AvgIpc) is 3.12. The Balaban J connectivity index is 1.41. The van der Waals surface area contributed by atoms with E-state index in [-0.39, 0.29) is 30.3 Å². The number of carbonyl (C=O) groups is 3. The van der Waals surface area contributed by atoms with Crippen molar-refractivity contribution in [3.05, 3.63) is 35.4 Å². The molecule has 2 aliphatic rings. The Kier molecular flexibility index (Phi) is 5.36. The molecule has 1 heterocycles. The highest BCUT2D eigenvalue weighted by Crippen LogP contribution is 2.38. The largest absolute Gasteiger partial charge is 0.455 e. The molecule has 3 rings (SSSR count). The van der Waals surface area contributed by atoms with E-state index < -0.39 is 0 Å². The minimum Gasteiger partial charge on any atom is -0.455 e. The molecule has 0 aromatic heterocycles. The summed E-state index contributed by atoms with van der Waals surface area (Å²) in [6.45, 7) is 3.75. The predicted octanol–water partition coefficient (Wildman–Crippen LogP) is 1.74. The molecule has 0 spiro atoms. The number of hydrogen-bond donors (Lipinski definition) is 1. The molecule has 1 aliphatic carbocycles. The maximum absolute atomic E-state index is 12.3. The molecule has 1 saturated carbocycles. The third-order valence-electron chi connectivity index (χ3n) is 4.84. The molecule has 6 heteroatoms. The molecule has 6 nitrogen and oxygen atoms in total. The van der Waals surface area contributed by atoms with Crippen LogP contribution in [0.4, 0.5) is 0 Å². The minimum atomic E-state index is -0.320. The fourth-order valence-corrected chi connectivity index (χ4v) is 3.01. The summed E-state index contributed by atoms with van der Waals surface area (Å²) in [6, 6.07) is 7.25. The van der Waals surface area contributed by atoms with Crippen LogP contribution in [-0.2, 0) is 20.9 Å². The molecule has 25 heavy (non-hydrogen) atoms. The van der Waals surface area contributed by atoms with Crippen molar-refractivity contribution in [2.24, 2.45) is 11.8 Å². The topological polar surface area (TPSA) is 75.7 Å². The Morgan fingerprint density at radius 2 is 1.80 bits per heavy atom. The first-order valence-corrected chi connectivity index (χ1v) is 8.86. The predicted molar refractivity (Wildman–Crippen MR) is 91.7 cm³/mol. The third-order valence-corrected chi connectivity index (χ3v) is 4.84. The van der Waals surface area contributed by atoms with Crippen LogP contribution >= 0.6 is 0 Å². The highest BCUT2D eigenvalue weighted by molar-refractivity contribution is 5.94. The van der Waals surface area contributed by atoms with Crippen LogP contribution in [0.5, 0.6) is 0 Å². The second-order valence-corrected chi connectivity index (χ2v) is 6.90. The van der Waals surface area contributed by atoms with E-state index in [2.05, 4.69) is 5.32 Å². The summed E-state index contributed by atoms with van der Waals surface area (Å²) in [6.07, 6.45) is 2.99. The standard InChI is InChI=1S/C19H24N2O4/c1-13-10-16(13)19(24)25-12-17(22)20-11-14-4-6-15(7-5-14)18(23)21-8-2-3-9-21/h4-7,13,16H,2-3,8-12H2,1H3,(H,20,22)/t13-,16-/m0/s1. The fourth-order valence-electron chi connectivity index (χ4n) is 3.01. The quantitative estimate of drug-likeness (QED) is 0.798. The van der Waals surface area contributed by atoms with Crippen molar-refractivity contribution in [3.63, 3.8) is 0 Å². The molecule has 0 radical (unpaired) electrons. The number of amides is 2. The summed E-state index contributed by atoms with van der Waals surface area (Å²) in [4.78, 5) is 37.4. The molecule has 1 N–H and O–H groups in total. The van der Waals surface area contributed by atoms with Crippen LogP contribution in [0.2, 0.25) is 0 Å². The number of benzene rings is 1. The van der Waals surface area contributed by atoms with Gasteiger partial charge in [-0.15, -0.1) is 0 Å². The summed E-state index contributed by atoms with van der Waals surface area (Å²) < 4.78 is 4.99. The van der Waals surface area contributed by atoms with Crippen molar-refractivity contribution in [1.82, 2.24) is 10.2 Å². The zero-order valence-electron chi connectivity index (χ0n) is 14.5. The number of hydrogen-bond acceptors (Lipinski definition) is 4. The van der Waals surface area contributed by atoms with Gasteiger partial charge >= 0.3 is 5.97 Å². The van der Waals surface area contributed by atoms with Gasteiger partial charge in [0, 0.05) is 25.2 Å². The number of esters is 1. The van der Waals surface area contributed by atoms with E-state index in [1.165, 1.54) is 0 Å². The molecule has 2 fully saturated rings. The van der Waals surface area contributed by atoms with Crippen LogP contribution in [0.1, 0.15) is 42.1 Å². The van der Waals surface area contributed by atoms with Gasteiger partial charge in [0.05, 0.1) is 5.92 Å². The Bertz CT molecular complexity index is 650. The average molecular weight is 344 g/mol. The van der Waals surface area contributed by atoms with Crippen molar-refractivity contribution >= 4 is 17.8 Å². The van der Waals surface area contributed by atoms with E-state index in [1.54, 1.807) is 12.1 Å². The molecule has 1 aliphatic heterocycles. The normalized spacial score (nSPS) is 21.7. The molecule has 0 bridgehead atoms. The third kappa shape index (κ3) is 4.59. The summed E-state index contributed by atoms with van der Waals surface area (Å²) in [5, 5.41) is 2.72. The second kappa shape index (κ2) is 7.68. The van der Waals surface area contributed by atoms with E-state index >= 15 is 0 Å². The summed E-state index contributed by atoms with van der Waals surface area (Å²) >= 11 is 0. The molecule has 134 valence electrons. The van der Waals surface area contributed by atoms with E-state index in [0.717, 1.165) is 37.9 Å². The summed E-state index contributed by atoms with van der Waals surface area (Å²) in [5.41, 5.74) is 1.57. The number of ether oxygens (including phenoxy) is 1. The molecular weight excluding hydrogens is 320 g/mol. The van der Waals surface area contributed by atoms with Crippen molar-refractivity contribution in [3.8, 4) is 0 Å². The molecule has 1 aromatic carbocycles. The zero-order valence-corrected chi connectivity index (χ0v) is 14.5. The van der Waals surface area contributed by atoms with Gasteiger partial charge in [-0.05, 0) is 42.9 Å². The molecule has 2 amide bonds. The van der Waals surface area contributed by atoms with Crippen molar-refractivity contribution in [1.29, 1.82) is 0 Å². The van der Waals surface area contributed by atoms with E-state index in [0.29, 0.717) is 18.0 Å². The van der Waals surface area contributed by atoms with Crippen LogP contribution in [0.25, 0.3) is 0 Å². The van der Waals surface area contributed by atoms with Crippen LogP contribution in [0.3, 0.4) is 0 Å². The number of likely N-dealkylation sites (tertiary alicyclic amines) is 1. The first-order chi connectivity index (χ1) is 12.0. The molecule has 2 atom stereocenters. The maximum Gasteiger partial charge on any atom is 0.309 e. The highest BCUT2D eigenvalue weighted by Gasteiger charge is 2.40. The van der Waals surface area contributed by atoms with Gasteiger partial charge < -0.3 is 15.0 Å². The van der Waals surface area contributed by atoms with E-state index in [4.69, 9.17) is 4.74 Å². The highest BCUT2D eigenvalue weighted by atomic mass is 16.5. The molecule has 1 saturated heterocycles. The van der Waals surface area contributed by atoms with Gasteiger partial charge in [-0.25, -0.2) is 0 Å². The molecular formula is C19H24N2O4. The van der Waals surface area contributed by atoms with Gasteiger partial charge in [0.25, 0.3) is 11.8 Å². The molecule has 0 unspecified atom stereocenters. The van der Waals surface area contributed by atoms with Crippen molar-refractivity contribution < 1.29 is 19.1 Å². The van der Waals surface area contributed by atoms with Crippen LogP contribution in [0.15, 0.2) is 24.3 Å². The lowest BCUT2D eigenvalue weighted by Crippen LogP contribution is -2.29. The Morgan fingerprint density at radius 1 is 1.16 bits per heavy atom. The number of nitrogens with zero attached hydrogens (tertiary/aromatic N) is 1. The van der Waals surface area contributed by atoms with Gasteiger partial charge in [-0.3, -0.25) is 14.4 Å². The number of rotatable bonds is 6. The molecule has 1 aromatic rings. The van der Waals surface area contributed by atoms with Gasteiger partial charge in [0.15, 0.2) is 6.61 Å². The summed E-state index contributed by atoms with van der Waals surface area (Å²) in [5.74, 6) is -0.202. The Morgan fingerprint density at radius 3 is 2.40 bits per heavy atom. The monoisotopic (exact) mass is 344 g/mol. The minimum absolute atomic E-state index is 0.0338.